The zero-order chi connectivity index (χ0) is 21.3. The topological polar surface area (TPSA) is 49.4 Å². The molecule has 1 N–H and O–H groups in total. The minimum atomic E-state index is -1.06. The smallest absolute Gasteiger partial charge is 0.278 e. The van der Waals surface area contributed by atoms with E-state index < -0.39 is 23.4 Å². The van der Waals surface area contributed by atoms with E-state index in [9.17, 15) is 18.4 Å². The number of anilines is 1. The van der Waals surface area contributed by atoms with Gasteiger partial charge in [-0.2, -0.15) is 0 Å². The number of hydrogen-bond acceptors (Lipinski definition) is 3. The van der Waals surface area contributed by atoms with Gasteiger partial charge >= 0.3 is 0 Å². The highest BCUT2D eigenvalue weighted by atomic mass is 35.5. The Hall–Kier alpha value is -3.51. The predicted octanol–water partition coefficient (Wildman–Crippen LogP) is 5.01. The van der Waals surface area contributed by atoms with E-state index in [0.717, 1.165) is 22.6 Å². The molecule has 3 aromatic carbocycles. The van der Waals surface area contributed by atoms with Crippen molar-refractivity contribution in [1.29, 1.82) is 0 Å². The van der Waals surface area contributed by atoms with Crippen molar-refractivity contribution < 1.29 is 18.4 Å². The van der Waals surface area contributed by atoms with E-state index >= 15 is 0 Å². The molecule has 0 atom stereocenters. The minimum absolute atomic E-state index is 0.00571. The van der Waals surface area contributed by atoms with Crippen molar-refractivity contribution in [2.75, 3.05) is 5.32 Å². The molecule has 0 aromatic heterocycles. The van der Waals surface area contributed by atoms with Crippen molar-refractivity contribution in [3.8, 4) is 0 Å². The van der Waals surface area contributed by atoms with Gasteiger partial charge in [0.2, 0.25) is 0 Å². The molecule has 4 rings (SSSR count). The molecule has 0 radical (unpaired) electrons. The summed E-state index contributed by atoms with van der Waals surface area (Å²) >= 11 is 5.90. The van der Waals surface area contributed by atoms with Crippen LogP contribution in [0, 0.1) is 11.6 Å². The van der Waals surface area contributed by atoms with Gasteiger partial charge in [0.25, 0.3) is 11.8 Å². The summed E-state index contributed by atoms with van der Waals surface area (Å²) in [4.78, 5) is 27.4. The zero-order valence-corrected chi connectivity index (χ0v) is 16.3. The Morgan fingerprint density at radius 1 is 0.833 bits per heavy atom. The Kier molecular flexibility index (Phi) is 5.33. The van der Waals surface area contributed by atoms with Crippen molar-refractivity contribution in [3.05, 3.63) is 106 Å². The maximum absolute atomic E-state index is 13.6. The molecular weight excluding hydrogens is 410 g/mol. The van der Waals surface area contributed by atoms with Crippen LogP contribution in [0.15, 0.2) is 78.5 Å². The van der Waals surface area contributed by atoms with Gasteiger partial charge in [0, 0.05) is 16.8 Å². The van der Waals surface area contributed by atoms with Crippen LogP contribution in [0.5, 0.6) is 0 Å². The van der Waals surface area contributed by atoms with Crippen molar-refractivity contribution in [2.24, 2.45) is 0 Å². The molecule has 0 saturated heterocycles. The van der Waals surface area contributed by atoms with E-state index in [-0.39, 0.29) is 23.5 Å². The first-order valence-corrected chi connectivity index (χ1v) is 9.44. The lowest BCUT2D eigenvalue weighted by atomic mass is 10.0. The lowest BCUT2D eigenvalue weighted by molar-refractivity contribution is -0.137. The number of benzene rings is 3. The van der Waals surface area contributed by atoms with E-state index in [1.807, 2.05) is 0 Å². The Labute approximate surface area is 176 Å². The molecule has 1 aliphatic rings. The third-order valence-corrected chi connectivity index (χ3v) is 4.93. The van der Waals surface area contributed by atoms with Crippen LogP contribution in [-0.2, 0) is 16.1 Å². The normalized spacial score (nSPS) is 13.9. The second kappa shape index (κ2) is 8.08. The van der Waals surface area contributed by atoms with Crippen LogP contribution in [0.25, 0.3) is 5.57 Å². The fourth-order valence-corrected chi connectivity index (χ4v) is 3.32. The number of nitrogens with zero attached hydrogens (tertiary/aromatic N) is 1. The number of rotatable bonds is 5. The van der Waals surface area contributed by atoms with Crippen molar-refractivity contribution in [2.45, 2.75) is 6.54 Å². The molecule has 0 aliphatic carbocycles. The molecule has 0 spiro atoms. The monoisotopic (exact) mass is 424 g/mol. The van der Waals surface area contributed by atoms with Gasteiger partial charge in [0.15, 0.2) is 11.6 Å². The number of carbonyl (C=O) groups is 2. The van der Waals surface area contributed by atoms with Crippen molar-refractivity contribution in [1.82, 2.24) is 4.90 Å². The summed E-state index contributed by atoms with van der Waals surface area (Å²) in [6.45, 7) is 0.0497. The van der Waals surface area contributed by atoms with Crippen LogP contribution in [0.1, 0.15) is 11.1 Å². The predicted molar refractivity (Wildman–Crippen MR) is 110 cm³/mol. The summed E-state index contributed by atoms with van der Waals surface area (Å²) in [6, 6.07) is 18.7. The number of imide groups is 1. The number of hydrogen-bond donors (Lipinski definition) is 1. The average Bonchev–Trinajstić information content (AvgIpc) is 2.97. The van der Waals surface area contributed by atoms with Crippen LogP contribution in [0.4, 0.5) is 14.5 Å². The molecule has 2 amide bonds. The fourth-order valence-electron chi connectivity index (χ4n) is 3.20. The first-order valence-electron chi connectivity index (χ1n) is 9.06. The average molecular weight is 425 g/mol. The molecular formula is C23H15ClF2N2O2. The first-order chi connectivity index (χ1) is 14.4. The second-order valence-corrected chi connectivity index (χ2v) is 7.13. The minimum Gasteiger partial charge on any atom is -0.350 e. The quantitative estimate of drug-likeness (QED) is 0.586. The number of carbonyl (C=O) groups excluding carboxylic acids is 2. The van der Waals surface area contributed by atoms with Crippen molar-refractivity contribution in [3.63, 3.8) is 0 Å². The lowest BCUT2D eigenvalue weighted by Crippen LogP contribution is -2.32. The molecule has 1 heterocycles. The van der Waals surface area contributed by atoms with Gasteiger partial charge in [-0.1, -0.05) is 54.1 Å². The number of nitrogens with one attached hydrogen (secondary N) is 1. The lowest BCUT2D eigenvalue weighted by Gasteiger charge is -2.15. The molecule has 7 heteroatoms. The molecule has 30 heavy (non-hydrogen) atoms. The Bertz CT molecular complexity index is 1160. The molecule has 0 bridgehead atoms. The van der Waals surface area contributed by atoms with Gasteiger partial charge < -0.3 is 5.32 Å². The zero-order valence-electron chi connectivity index (χ0n) is 15.5. The van der Waals surface area contributed by atoms with Crippen LogP contribution in [0.2, 0.25) is 5.02 Å². The van der Waals surface area contributed by atoms with E-state index in [4.69, 9.17) is 11.6 Å². The molecule has 0 fully saturated rings. The Morgan fingerprint density at radius 3 is 2.20 bits per heavy atom. The van der Waals surface area contributed by atoms with Gasteiger partial charge in [0.1, 0.15) is 5.70 Å². The van der Waals surface area contributed by atoms with Gasteiger partial charge in [-0.25, -0.2) is 8.78 Å². The van der Waals surface area contributed by atoms with E-state index in [1.54, 1.807) is 54.6 Å². The highest BCUT2D eigenvalue weighted by molar-refractivity contribution is 6.36. The number of amides is 2. The maximum Gasteiger partial charge on any atom is 0.278 e. The third kappa shape index (κ3) is 3.82. The summed E-state index contributed by atoms with van der Waals surface area (Å²) in [5.74, 6) is -3.10. The largest absolute Gasteiger partial charge is 0.350 e. The van der Waals surface area contributed by atoms with E-state index in [1.165, 1.54) is 6.07 Å². The summed E-state index contributed by atoms with van der Waals surface area (Å²) < 4.78 is 26.9. The molecule has 150 valence electrons. The molecule has 3 aromatic rings. The number of halogens is 3. The van der Waals surface area contributed by atoms with Crippen LogP contribution in [-0.4, -0.2) is 16.7 Å². The fraction of sp³-hybridized carbons (Fsp3) is 0.0435. The van der Waals surface area contributed by atoms with Gasteiger partial charge in [0.05, 0.1) is 12.1 Å². The highest BCUT2D eigenvalue weighted by Gasteiger charge is 2.39. The van der Waals surface area contributed by atoms with E-state index in [2.05, 4.69) is 5.32 Å². The summed E-state index contributed by atoms with van der Waals surface area (Å²) in [7, 11) is 0. The van der Waals surface area contributed by atoms with Gasteiger partial charge in [-0.05, 0) is 35.4 Å². The summed E-state index contributed by atoms with van der Waals surface area (Å²) in [5, 5.41) is 3.35. The van der Waals surface area contributed by atoms with Crippen LogP contribution < -0.4 is 5.32 Å². The Balaban J connectivity index is 1.72. The molecule has 4 nitrogen and oxygen atoms in total. The third-order valence-electron chi connectivity index (χ3n) is 4.67. The standard InChI is InChI=1S/C23H15ClF2N2O2/c24-16-8-6-14(7-9-16)13-28-22(29)20(15-4-2-1-3-5-15)21(23(28)30)27-17-10-11-18(25)19(26)12-17/h1-12,27H,13H2. The summed E-state index contributed by atoms with van der Waals surface area (Å²) in [5.41, 5.74) is 1.60. The van der Waals surface area contributed by atoms with Crippen molar-refractivity contribution >= 4 is 34.7 Å². The van der Waals surface area contributed by atoms with Crippen LogP contribution >= 0.6 is 11.6 Å². The second-order valence-electron chi connectivity index (χ2n) is 6.69. The Morgan fingerprint density at radius 2 is 1.53 bits per heavy atom. The highest BCUT2D eigenvalue weighted by Crippen LogP contribution is 2.31. The first kappa shape index (κ1) is 19.8. The maximum atomic E-state index is 13.6. The van der Waals surface area contributed by atoms with Gasteiger partial charge in [-0.3, -0.25) is 14.5 Å². The molecule has 0 unspecified atom stereocenters. The van der Waals surface area contributed by atoms with E-state index in [0.29, 0.717) is 10.6 Å². The van der Waals surface area contributed by atoms with Crippen LogP contribution in [0.3, 0.4) is 0 Å². The molecule has 1 aliphatic heterocycles. The van der Waals surface area contributed by atoms with Gasteiger partial charge in [-0.15, -0.1) is 0 Å². The molecule has 0 saturated carbocycles. The summed E-state index contributed by atoms with van der Waals surface area (Å²) in [6.07, 6.45) is 0. The SMILES string of the molecule is O=C1C(Nc2ccc(F)c(F)c2)=C(c2ccccc2)C(=O)N1Cc1ccc(Cl)cc1.